The van der Waals surface area contributed by atoms with E-state index in [2.05, 4.69) is 22.6 Å². The Kier molecular flexibility index (Phi) is 28.8. The molecule has 0 radical (unpaired) electrons. The van der Waals surface area contributed by atoms with Gasteiger partial charge < -0.3 is 24.4 Å². The number of hydrogen-bond acceptors (Lipinski definition) is 7. The van der Waals surface area contributed by atoms with Gasteiger partial charge in [-0.15, -0.1) is 13.2 Å². The average molecular weight is 334 g/mol. The van der Waals surface area contributed by atoms with E-state index in [0.717, 1.165) is 12.8 Å². The first-order valence-electron chi connectivity index (χ1n) is 7.24. The van der Waals surface area contributed by atoms with E-state index in [4.69, 9.17) is 14.9 Å². The summed E-state index contributed by atoms with van der Waals surface area (Å²) in [5.41, 5.74) is 0. The predicted molar refractivity (Wildman–Crippen MR) is 87.9 cm³/mol. The molecular formula is C16H30O7. The molecule has 23 heavy (non-hydrogen) atoms. The van der Waals surface area contributed by atoms with E-state index in [1.807, 2.05) is 0 Å². The second kappa shape index (κ2) is 25.3. The third kappa shape index (κ3) is 44.9. The van der Waals surface area contributed by atoms with Crippen LogP contribution < -0.4 is 0 Å². The molecule has 0 bridgehead atoms. The van der Waals surface area contributed by atoms with Crippen LogP contribution in [0.4, 0.5) is 0 Å². The molecule has 0 heterocycles. The minimum absolute atomic E-state index is 0.125. The molecular weight excluding hydrogens is 304 g/mol. The minimum Gasteiger partial charge on any atom is -0.466 e. The van der Waals surface area contributed by atoms with Gasteiger partial charge in [-0.1, -0.05) is 12.2 Å². The van der Waals surface area contributed by atoms with Crippen molar-refractivity contribution in [2.24, 2.45) is 0 Å². The number of ether oxygens (including phenoxy) is 3. The molecule has 0 aliphatic carbocycles. The highest BCUT2D eigenvalue weighted by molar-refractivity contribution is 5.66. The molecule has 0 fully saturated rings. The molecule has 7 heteroatoms. The van der Waals surface area contributed by atoms with E-state index in [0.29, 0.717) is 26.4 Å². The summed E-state index contributed by atoms with van der Waals surface area (Å²) >= 11 is 0. The topological polar surface area (TPSA) is 102 Å². The van der Waals surface area contributed by atoms with Crippen molar-refractivity contribution < 1.29 is 34.0 Å². The monoisotopic (exact) mass is 334 g/mol. The third-order valence-electron chi connectivity index (χ3n) is 1.72. The first-order valence-corrected chi connectivity index (χ1v) is 7.24. The van der Waals surface area contributed by atoms with E-state index in [1.54, 1.807) is 12.2 Å². The summed E-state index contributed by atoms with van der Waals surface area (Å²) in [5, 5.41) is 15.2. The number of aliphatic hydroxyl groups excluding tert-OH is 2. The fourth-order valence-corrected chi connectivity index (χ4v) is 0.871. The van der Waals surface area contributed by atoms with Crippen LogP contribution in [0.1, 0.15) is 26.7 Å². The maximum Gasteiger partial charge on any atom is 0.302 e. The zero-order valence-corrected chi connectivity index (χ0v) is 14.2. The van der Waals surface area contributed by atoms with Gasteiger partial charge in [-0.2, -0.15) is 0 Å². The lowest BCUT2D eigenvalue weighted by molar-refractivity contribution is -0.143. The van der Waals surface area contributed by atoms with Crippen LogP contribution >= 0.6 is 0 Å². The first kappa shape index (κ1) is 26.2. The summed E-state index contributed by atoms with van der Waals surface area (Å²) in [7, 11) is 0. The highest BCUT2D eigenvalue weighted by Crippen LogP contribution is 1.91. The van der Waals surface area contributed by atoms with Crippen molar-refractivity contribution >= 4 is 11.9 Å². The highest BCUT2D eigenvalue weighted by Gasteiger charge is 1.94. The van der Waals surface area contributed by atoms with Gasteiger partial charge in [0.1, 0.15) is 0 Å². The second-order valence-electron chi connectivity index (χ2n) is 3.95. The Bertz CT molecular complexity index is 262. The lowest BCUT2D eigenvalue weighted by atomic mass is 10.3. The van der Waals surface area contributed by atoms with Crippen molar-refractivity contribution in [3.05, 3.63) is 25.3 Å². The van der Waals surface area contributed by atoms with Crippen LogP contribution in [0, 0.1) is 0 Å². The molecule has 0 rings (SSSR count). The van der Waals surface area contributed by atoms with Crippen LogP contribution in [0.15, 0.2) is 25.3 Å². The van der Waals surface area contributed by atoms with Crippen LogP contribution in [-0.4, -0.2) is 61.8 Å². The Morgan fingerprint density at radius 1 is 0.870 bits per heavy atom. The predicted octanol–water partition coefficient (Wildman–Crippen LogP) is 1.24. The Balaban J connectivity index is -0.000000307. The molecule has 0 spiro atoms. The summed E-state index contributed by atoms with van der Waals surface area (Å²) in [4.78, 5) is 20.6. The Labute approximate surface area is 138 Å². The fraction of sp³-hybridized carbons (Fsp3) is 0.625. The number of carbonyl (C=O) groups excluding carboxylic acids is 2. The van der Waals surface area contributed by atoms with Crippen LogP contribution in [0.3, 0.4) is 0 Å². The average Bonchev–Trinajstić information content (AvgIpc) is 2.51. The number of hydrogen-bond donors (Lipinski definition) is 2. The molecule has 0 aromatic rings. The quantitative estimate of drug-likeness (QED) is 0.352. The highest BCUT2D eigenvalue weighted by atomic mass is 16.5. The van der Waals surface area contributed by atoms with Crippen molar-refractivity contribution in [1.29, 1.82) is 0 Å². The lowest BCUT2D eigenvalue weighted by Gasteiger charge is -2.01. The van der Waals surface area contributed by atoms with E-state index in [-0.39, 0.29) is 25.2 Å². The zero-order valence-electron chi connectivity index (χ0n) is 14.2. The second-order valence-corrected chi connectivity index (χ2v) is 3.95. The summed E-state index contributed by atoms with van der Waals surface area (Å²) in [6.07, 6.45) is 4.88. The fourth-order valence-electron chi connectivity index (χ4n) is 0.871. The largest absolute Gasteiger partial charge is 0.466 e. The lowest BCUT2D eigenvalue weighted by Crippen LogP contribution is -2.04. The standard InChI is InChI=1S/C8H14O4.C6H10O.C2H6O2/c1-7(9)11-5-3-4-6-12-8(2)10;1-3-5-7-6-4-2;3-1-2-4/h3-6H2,1-2H3;3-4H,1-2,5-6H2;3-4H,1-2H2. The van der Waals surface area contributed by atoms with Gasteiger partial charge in [0.25, 0.3) is 0 Å². The SMILES string of the molecule is C=CCOCC=C.CC(=O)OCCCCOC(C)=O.OCCO. The molecule has 136 valence electrons. The smallest absolute Gasteiger partial charge is 0.302 e. The molecule has 0 aromatic heterocycles. The van der Waals surface area contributed by atoms with Gasteiger partial charge in [0.05, 0.1) is 39.6 Å². The molecule has 2 N–H and O–H groups in total. The Hall–Kier alpha value is -1.70. The van der Waals surface area contributed by atoms with Gasteiger partial charge in [0.15, 0.2) is 0 Å². The van der Waals surface area contributed by atoms with E-state index in [9.17, 15) is 9.59 Å². The molecule has 0 aliphatic heterocycles. The first-order chi connectivity index (χ1) is 11.0. The zero-order chi connectivity index (χ0) is 18.3. The Morgan fingerprint density at radius 2 is 1.22 bits per heavy atom. The van der Waals surface area contributed by atoms with Crippen LogP contribution in [0.5, 0.6) is 0 Å². The van der Waals surface area contributed by atoms with Gasteiger partial charge in [0.2, 0.25) is 0 Å². The van der Waals surface area contributed by atoms with Gasteiger partial charge >= 0.3 is 11.9 Å². The van der Waals surface area contributed by atoms with Crippen LogP contribution in [0.25, 0.3) is 0 Å². The van der Waals surface area contributed by atoms with Gasteiger partial charge in [-0.25, -0.2) is 0 Å². The van der Waals surface area contributed by atoms with Crippen molar-refractivity contribution in [3.8, 4) is 0 Å². The van der Waals surface area contributed by atoms with E-state index < -0.39 is 0 Å². The normalized spacial score (nSPS) is 8.52. The molecule has 0 amide bonds. The Morgan fingerprint density at radius 3 is 1.43 bits per heavy atom. The summed E-state index contributed by atoms with van der Waals surface area (Å²) < 4.78 is 14.2. The summed E-state index contributed by atoms with van der Waals surface area (Å²) in [5.74, 6) is -0.551. The molecule has 0 atom stereocenters. The maximum absolute atomic E-state index is 10.3. The van der Waals surface area contributed by atoms with Gasteiger partial charge in [0, 0.05) is 13.8 Å². The number of esters is 2. The summed E-state index contributed by atoms with van der Waals surface area (Å²) in [6.45, 7) is 11.5. The van der Waals surface area contributed by atoms with Gasteiger partial charge in [-0.3, -0.25) is 9.59 Å². The molecule has 7 nitrogen and oxygen atoms in total. The molecule has 0 aliphatic rings. The molecule has 0 saturated heterocycles. The molecule has 0 aromatic carbocycles. The number of rotatable bonds is 10. The van der Waals surface area contributed by atoms with Crippen molar-refractivity contribution in [2.45, 2.75) is 26.7 Å². The van der Waals surface area contributed by atoms with Crippen molar-refractivity contribution in [2.75, 3.05) is 39.6 Å². The third-order valence-corrected chi connectivity index (χ3v) is 1.72. The molecule has 0 saturated carbocycles. The molecule has 0 unspecified atom stereocenters. The van der Waals surface area contributed by atoms with Crippen LogP contribution in [0.2, 0.25) is 0 Å². The maximum atomic E-state index is 10.3. The number of unbranched alkanes of at least 4 members (excludes halogenated alkanes) is 1. The number of carbonyl (C=O) groups is 2. The summed E-state index contributed by atoms with van der Waals surface area (Å²) in [6, 6.07) is 0. The van der Waals surface area contributed by atoms with E-state index in [1.165, 1.54) is 13.8 Å². The van der Waals surface area contributed by atoms with E-state index >= 15 is 0 Å². The number of aliphatic hydroxyl groups is 2. The van der Waals surface area contributed by atoms with Crippen molar-refractivity contribution in [3.63, 3.8) is 0 Å². The van der Waals surface area contributed by atoms with Gasteiger partial charge in [-0.05, 0) is 12.8 Å². The minimum atomic E-state index is -0.275. The van der Waals surface area contributed by atoms with Crippen molar-refractivity contribution in [1.82, 2.24) is 0 Å². The van der Waals surface area contributed by atoms with Crippen LogP contribution in [-0.2, 0) is 23.8 Å².